The van der Waals surface area contributed by atoms with E-state index in [-0.39, 0.29) is 42.7 Å². The SMILES string of the molecule is Cl.Cl.O=C(NC1CCN(c2ncccc2Cl)C1)C1CC12CCNCC2. The molecule has 25 heavy (non-hydrogen) atoms. The molecule has 1 aromatic rings. The number of carbonyl (C=O) groups is 1. The smallest absolute Gasteiger partial charge is 0.223 e. The van der Waals surface area contributed by atoms with E-state index in [1.807, 2.05) is 12.1 Å². The number of nitrogens with one attached hydrogen (secondary N) is 2. The van der Waals surface area contributed by atoms with Gasteiger partial charge in [0, 0.05) is 31.2 Å². The van der Waals surface area contributed by atoms with Crippen molar-refractivity contribution in [1.82, 2.24) is 15.6 Å². The minimum atomic E-state index is 0. The van der Waals surface area contributed by atoms with E-state index < -0.39 is 0 Å². The molecule has 1 spiro atoms. The Bertz CT molecular complexity index is 609. The van der Waals surface area contributed by atoms with Crippen molar-refractivity contribution in [3.05, 3.63) is 23.4 Å². The molecule has 1 aliphatic carbocycles. The van der Waals surface area contributed by atoms with Crippen molar-refractivity contribution in [3.63, 3.8) is 0 Å². The summed E-state index contributed by atoms with van der Waals surface area (Å²) in [5.41, 5.74) is 0.303. The van der Waals surface area contributed by atoms with Crippen LogP contribution in [0.2, 0.25) is 5.02 Å². The minimum absolute atomic E-state index is 0. The first-order valence-corrected chi connectivity index (χ1v) is 8.92. The summed E-state index contributed by atoms with van der Waals surface area (Å²) in [6.07, 6.45) is 6.08. The fraction of sp³-hybridized carbons (Fsp3) is 0.647. The first kappa shape index (κ1) is 20.6. The van der Waals surface area contributed by atoms with Gasteiger partial charge in [-0.3, -0.25) is 4.79 Å². The second-order valence-electron chi connectivity index (χ2n) is 7.12. The van der Waals surface area contributed by atoms with Gasteiger partial charge in [0.1, 0.15) is 5.82 Å². The molecule has 2 saturated heterocycles. The monoisotopic (exact) mass is 406 g/mol. The first-order chi connectivity index (χ1) is 11.2. The summed E-state index contributed by atoms with van der Waals surface area (Å²) in [5, 5.41) is 7.32. The summed E-state index contributed by atoms with van der Waals surface area (Å²) in [4.78, 5) is 19.1. The van der Waals surface area contributed by atoms with E-state index in [2.05, 4.69) is 20.5 Å². The van der Waals surface area contributed by atoms with Crippen molar-refractivity contribution < 1.29 is 4.79 Å². The van der Waals surface area contributed by atoms with Crippen LogP contribution in [0.15, 0.2) is 18.3 Å². The third-order valence-corrected chi connectivity index (χ3v) is 5.97. The number of pyridine rings is 1. The summed E-state index contributed by atoms with van der Waals surface area (Å²) >= 11 is 6.22. The van der Waals surface area contributed by atoms with Crippen molar-refractivity contribution in [2.24, 2.45) is 11.3 Å². The van der Waals surface area contributed by atoms with Gasteiger partial charge in [-0.2, -0.15) is 0 Å². The van der Waals surface area contributed by atoms with Crippen LogP contribution in [0, 0.1) is 11.3 Å². The summed E-state index contributed by atoms with van der Waals surface area (Å²) in [6.45, 7) is 3.80. The molecule has 5 nitrogen and oxygen atoms in total. The van der Waals surface area contributed by atoms with E-state index in [1.54, 1.807) is 6.20 Å². The number of anilines is 1. The van der Waals surface area contributed by atoms with E-state index in [1.165, 1.54) is 0 Å². The Kier molecular flexibility index (Phi) is 6.82. The van der Waals surface area contributed by atoms with Gasteiger partial charge in [0.05, 0.1) is 5.02 Å². The van der Waals surface area contributed by atoms with E-state index in [0.29, 0.717) is 10.4 Å². The lowest BCUT2D eigenvalue weighted by Gasteiger charge is -2.24. The molecular formula is C17H25Cl3N4O. The fourth-order valence-electron chi connectivity index (χ4n) is 4.18. The largest absolute Gasteiger partial charge is 0.353 e. The van der Waals surface area contributed by atoms with Crippen molar-refractivity contribution in [1.29, 1.82) is 0 Å². The minimum Gasteiger partial charge on any atom is -0.353 e. The Balaban J connectivity index is 0.00000113. The molecule has 1 aromatic heterocycles. The highest BCUT2D eigenvalue weighted by Gasteiger charge is 2.57. The number of nitrogens with zero attached hydrogens (tertiary/aromatic N) is 2. The molecule has 2 unspecified atom stereocenters. The maximum atomic E-state index is 12.6. The van der Waals surface area contributed by atoms with Crippen LogP contribution < -0.4 is 15.5 Å². The molecule has 8 heteroatoms. The van der Waals surface area contributed by atoms with Crippen LogP contribution in [0.4, 0.5) is 5.82 Å². The Morgan fingerprint density at radius 2 is 2.12 bits per heavy atom. The number of hydrogen-bond donors (Lipinski definition) is 2. The average molecular weight is 408 g/mol. The molecule has 1 amide bonds. The highest BCUT2D eigenvalue weighted by atomic mass is 35.5. The zero-order valence-corrected chi connectivity index (χ0v) is 16.4. The van der Waals surface area contributed by atoms with Crippen LogP contribution in [0.1, 0.15) is 25.7 Å². The van der Waals surface area contributed by atoms with Crippen molar-refractivity contribution in [2.45, 2.75) is 31.7 Å². The number of rotatable bonds is 3. The highest BCUT2D eigenvalue weighted by Crippen LogP contribution is 2.58. The van der Waals surface area contributed by atoms with Crippen LogP contribution >= 0.6 is 36.4 Å². The molecule has 2 atom stereocenters. The van der Waals surface area contributed by atoms with Gasteiger partial charge in [0.2, 0.25) is 5.91 Å². The van der Waals surface area contributed by atoms with Crippen molar-refractivity contribution in [2.75, 3.05) is 31.1 Å². The van der Waals surface area contributed by atoms with Gasteiger partial charge in [-0.25, -0.2) is 4.98 Å². The number of halogens is 3. The van der Waals surface area contributed by atoms with Gasteiger partial charge in [0.15, 0.2) is 0 Å². The first-order valence-electron chi connectivity index (χ1n) is 8.54. The average Bonchev–Trinajstić information content (AvgIpc) is 3.04. The van der Waals surface area contributed by atoms with Gasteiger partial charge in [-0.05, 0) is 56.3 Å². The number of carbonyl (C=O) groups excluding carboxylic acids is 1. The van der Waals surface area contributed by atoms with Crippen LogP contribution in [0.25, 0.3) is 0 Å². The lowest BCUT2D eigenvalue weighted by molar-refractivity contribution is -0.123. The molecular weight excluding hydrogens is 383 g/mol. The number of amides is 1. The Labute approximate surface area is 166 Å². The van der Waals surface area contributed by atoms with E-state index in [4.69, 9.17) is 11.6 Å². The lowest BCUT2D eigenvalue weighted by Crippen LogP contribution is -2.40. The molecule has 0 radical (unpaired) electrons. The molecule has 0 bridgehead atoms. The lowest BCUT2D eigenvalue weighted by atomic mass is 9.91. The van der Waals surface area contributed by atoms with E-state index in [9.17, 15) is 4.79 Å². The summed E-state index contributed by atoms with van der Waals surface area (Å²) in [5.74, 6) is 1.31. The van der Waals surface area contributed by atoms with Gasteiger partial charge >= 0.3 is 0 Å². The van der Waals surface area contributed by atoms with Crippen molar-refractivity contribution in [3.8, 4) is 0 Å². The van der Waals surface area contributed by atoms with Crippen LogP contribution in [0.3, 0.4) is 0 Å². The predicted octanol–water partition coefficient (Wildman–Crippen LogP) is 2.66. The van der Waals surface area contributed by atoms with Crippen LogP contribution in [0.5, 0.6) is 0 Å². The summed E-state index contributed by atoms with van der Waals surface area (Å²) in [7, 11) is 0. The number of hydrogen-bond acceptors (Lipinski definition) is 4. The van der Waals surface area contributed by atoms with Crippen LogP contribution in [-0.4, -0.2) is 43.1 Å². The third-order valence-electron chi connectivity index (χ3n) is 5.68. The van der Waals surface area contributed by atoms with Gasteiger partial charge in [0.25, 0.3) is 0 Å². The summed E-state index contributed by atoms with van der Waals surface area (Å²) in [6, 6.07) is 3.91. The Morgan fingerprint density at radius 3 is 2.84 bits per heavy atom. The zero-order chi connectivity index (χ0) is 15.9. The third kappa shape index (κ3) is 4.16. The number of aromatic nitrogens is 1. The van der Waals surface area contributed by atoms with Gasteiger partial charge in [-0.1, -0.05) is 11.6 Å². The molecule has 0 aromatic carbocycles. The molecule has 3 fully saturated rings. The molecule has 1 saturated carbocycles. The Hall–Kier alpha value is -0.750. The van der Waals surface area contributed by atoms with Crippen molar-refractivity contribution >= 4 is 48.1 Å². The molecule has 140 valence electrons. The summed E-state index contributed by atoms with van der Waals surface area (Å²) < 4.78 is 0. The number of piperidine rings is 1. The molecule has 4 rings (SSSR count). The maximum Gasteiger partial charge on any atom is 0.223 e. The van der Waals surface area contributed by atoms with E-state index >= 15 is 0 Å². The molecule has 2 N–H and O–H groups in total. The maximum absolute atomic E-state index is 12.6. The van der Waals surface area contributed by atoms with Crippen LogP contribution in [-0.2, 0) is 4.79 Å². The normalized spacial score (nSPS) is 26.5. The standard InChI is InChI=1S/C17H23ClN4O.2ClH/c18-14-2-1-6-20-15(14)22-9-3-12(11-22)21-16(23)13-10-17(13)4-7-19-8-5-17;;/h1-2,6,12-13,19H,3-5,7-11H2,(H,21,23);2*1H. The second kappa shape index (κ2) is 8.30. The van der Waals surface area contributed by atoms with Gasteiger partial charge in [-0.15, -0.1) is 24.8 Å². The topological polar surface area (TPSA) is 57.3 Å². The highest BCUT2D eigenvalue weighted by molar-refractivity contribution is 6.32. The Morgan fingerprint density at radius 1 is 1.36 bits per heavy atom. The second-order valence-corrected chi connectivity index (χ2v) is 7.53. The fourth-order valence-corrected chi connectivity index (χ4v) is 4.42. The van der Waals surface area contributed by atoms with E-state index in [0.717, 1.165) is 57.7 Å². The molecule has 2 aliphatic heterocycles. The van der Waals surface area contributed by atoms with Gasteiger partial charge < -0.3 is 15.5 Å². The molecule has 3 heterocycles. The molecule has 3 aliphatic rings. The zero-order valence-electron chi connectivity index (χ0n) is 14.0. The quantitative estimate of drug-likeness (QED) is 0.809. The predicted molar refractivity (Wildman–Crippen MR) is 105 cm³/mol.